The van der Waals surface area contributed by atoms with Crippen LogP contribution in [0.4, 0.5) is 0 Å². The minimum absolute atomic E-state index is 0.167. The molecule has 0 spiro atoms. The second-order valence-electron chi connectivity index (χ2n) is 6.84. The van der Waals surface area contributed by atoms with Crippen LogP contribution in [0.15, 0.2) is 86.5 Å². The van der Waals surface area contributed by atoms with Crippen molar-refractivity contribution in [2.24, 2.45) is 5.10 Å². The number of carbonyl (C=O) groups excluding carboxylic acids is 1. The van der Waals surface area contributed by atoms with Gasteiger partial charge in [0.25, 0.3) is 0 Å². The molecular formula is C23H13Br5N2O3. The third kappa shape index (κ3) is 6.16. The number of benzene rings is 3. The van der Waals surface area contributed by atoms with E-state index in [2.05, 4.69) is 90.2 Å². The number of hydrogen-bond acceptors (Lipinski definition) is 4. The van der Waals surface area contributed by atoms with Crippen LogP contribution in [0.3, 0.4) is 0 Å². The van der Waals surface area contributed by atoms with Crippen LogP contribution in [0.2, 0.25) is 0 Å². The Hall–Kier alpha value is -1.46. The molecule has 0 radical (unpaired) electrons. The first-order valence-electron chi connectivity index (χ1n) is 9.38. The number of hydrazone groups is 1. The zero-order valence-electron chi connectivity index (χ0n) is 16.5. The highest BCUT2D eigenvalue weighted by atomic mass is 79.9. The van der Waals surface area contributed by atoms with Crippen LogP contribution < -0.4 is 10.2 Å². The van der Waals surface area contributed by atoms with Gasteiger partial charge in [-0.25, -0.2) is 5.43 Å². The Balaban J connectivity index is 1.42. The number of rotatable bonds is 6. The molecule has 1 aromatic heterocycles. The Bertz CT molecular complexity index is 1340. The lowest BCUT2D eigenvalue weighted by atomic mass is 10.2. The van der Waals surface area contributed by atoms with E-state index in [1.54, 1.807) is 12.3 Å². The Kier molecular flexibility index (Phi) is 8.11. The van der Waals surface area contributed by atoms with Gasteiger partial charge in [0.15, 0.2) is 5.76 Å². The fraction of sp³-hybridized carbons (Fsp3) is 0.0435. The molecule has 0 aliphatic carbocycles. The molecule has 0 atom stereocenters. The average molecular weight is 765 g/mol. The summed E-state index contributed by atoms with van der Waals surface area (Å²) >= 11 is 17.4. The Morgan fingerprint density at radius 1 is 0.909 bits per heavy atom. The van der Waals surface area contributed by atoms with Gasteiger partial charge in [0, 0.05) is 14.3 Å². The van der Waals surface area contributed by atoms with Gasteiger partial charge in [-0.15, -0.1) is 0 Å². The van der Waals surface area contributed by atoms with Crippen molar-refractivity contribution < 1.29 is 13.9 Å². The molecule has 4 rings (SSSR count). The highest BCUT2D eigenvalue weighted by molar-refractivity contribution is 9.11. The molecule has 168 valence electrons. The number of amides is 1. The molecule has 0 saturated carbocycles. The largest absolute Gasteiger partial charge is 0.487 e. The van der Waals surface area contributed by atoms with Crippen LogP contribution >= 0.6 is 79.6 Å². The minimum Gasteiger partial charge on any atom is -0.487 e. The quantitative estimate of drug-likeness (QED) is 0.158. The first-order valence-corrected chi connectivity index (χ1v) is 13.3. The molecule has 0 bridgehead atoms. The van der Waals surface area contributed by atoms with E-state index in [9.17, 15) is 4.79 Å². The predicted octanol–water partition coefficient (Wildman–Crippen LogP) is 8.59. The van der Waals surface area contributed by atoms with Crippen molar-refractivity contribution in [3.05, 3.63) is 93.8 Å². The topological polar surface area (TPSA) is 63.8 Å². The molecule has 1 heterocycles. The second kappa shape index (κ2) is 10.9. The molecule has 3 aromatic carbocycles. The lowest BCUT2D eigenvalue weighted by Gasteiger charge is -2.11. The summed E-state index contributed by atoms with van der Waals surface area (Å²) in [6, 6.07) is 17.0. The number of nitrogens with one attached hydrogen (secondary N) is 1. The first kappa shape index (κ1) is 24.7. The van der Waals surface area contributed by atoms with E-state index >= 15 is 0 Å². The number of halogens is 5. The van der Waals surface area contributed by atoms with Crippen molar-refractivity contribution >= 4 is 103 Å². The van der Waals surface area contributed by atoms with Crippen molar-refractivity contribution in [3.63, 3.8) is 0 Å². The molecule has 0 fully saturated rings. The maximum absolute atomic E-state index is 12.4. The summed E-state index contributed by atoms with van der Waals surface area (Å²) in [5, 5.41) is 4.85. The number of ether oxygens (including phenoxy) is 1. The SMILES string of the molecule is O=C(N/N=C\c1cc(Br)c(OCc2ccc(Br)cc2)c(Br)c1)c1cc2cc(Br)cc(Br)c2o1. The van der Waals surface area contributed by atoms with E-state index in [0.29, 0.717) is 17.9 Å². The van der Waals surface area contributed by atoms with Gasteiger partial charge in [0.1, 0.15) is 17.9 Å². The van der Waals surface area contributed by atoms with Crippen molar-refractivity contribution in [2.75, 3.05) is 0 Å². The van der Waals surface area contributed by atoms with E-state index in [-0.39, 0.29) is 5.76 Å². The predicted molar refractivity (Wildman–Crippen MR) is 147 cm³/mol. The van der Waals surface area contributed by atoms with Crippen LogP contribution in [0.25, 0.3) is 11.0 Å². The van der Waals surface area contributed by atoms with Gasteiger partial charge < -0.3 is 9.15 Å². The zero-order valence-corrected chi connectivity index (χ0v) is 24.5. The molecule has 0 saturated heterocycles. The highest BCUT2D eigenvalue weighted by Crippen LogP contribution is 2.35. The van der Waals surface area contributed by atoms with Crippen molar-refractivity contribution in [2.45, 2.75) is 6.61 Å². The van der Waals surface area contributed by atoms with Gasteiger partial charge in [-0.05, 0) is 101 Å². The molecule has 1 amide bonds. The molecular weight excluding hydrogens is 752 g/mol. The van der Waals surface area contributed by atoms with E-state index in [0.717, 1.165) is 38.9 Å². The van der Waals surface area contributed by atoms with Gasteiger partial charge in [0.2, 0.25) is 0 Å². The molecule has 1 N–H and O–H groups in total. The van der Waals surface area contributed by atoms with E-state index in [4.69, 9.17) is 9.15 Å². The summed E-state index contributed by atoms with van der Waals surface area (Å²) in [6.45, 7) is 0.429. The molecule has 0 aliphatic heterocycles. The number of furan rings is 1. The van der Waals surface area contributed by atoms with Gasteiger partial charge in [-0.1, -0.05) is 44.0 Å². The van der Waals surface area contributed by atoms with E-state index < -0.39 is 5.91 Å². The summed E-state index contributed by atoms with van der Waals surface area (Å²) in [5.74, 6) is 0.399. The Labute approximate surface area is 231 Å². The zero-order chi connectivity index (χ0) is 23.5. The summed E-state index contributed by atoms with van der Waals surface area (Å²) in [6.07, 6.45) is 1.54. The third-order valence-corrected chi connectivity index (χ3v) is 7.21. The monoisotopic (exact) mass is 760 g/mol. The normalized spacial score (nSPS) is 11.3. The van der Waals surface area contributed by atoms with Gasteiger partial charge in [-0.3, -0.25) is 4.79 Å². The smallest absolute Gasteiger partial charge is 0.307 e. The fourth-order valence-corrected chi connectivity index (χ4v) is 5.99. The number of hydrogen-bond donors (Lipinski definition) is 1. The molecule has 10 heteroatoms. The van der Waals surface area contributed by atoms with Gasteiger partial charge in [-0.2, -0.15) is 5.10 Å². The summed E-state index contributed by atoms with van der Waals surface area (Å²) in [7, 11) is 0. The lowest BCUT2D eigenvalue weighted by Crippen LogP contribution is -2.16. The van der Waals surface area contributed by atoms with Gasteiger partial charge >= 0.3 is 5.91 Å². The number of carbonyl (C=O) groups is 1. The first-order chi connectivity index (χ1) is 15.8. The number of nitrogens with zero attached hydrogens (tertiary/aromatic N) is 1. The number of fused-ring (bicyclic) bond motifs is 1. The molecule has 33 heavy (non-hydrogen) atoms. The summed E-state index contributed by atoms with van der Waals surface area (Å²) < 4.78 is 15.8. The van der Waals surface area contributed by atoms with E-state index in [1.165, 1.54) is 0 Å². The third-order valence-electron chi connectivity index (χ3n) is 4.46. The van der Waals surface area contributed by atoms with Crippen LogP contribution in [-0.2, 0) is 6.61 Å². The van der Waals surface area contributed by atoms with Crippen molar-refractivity contribution in [1.82, 2.24) is 5.43 Å². The fourth-order valence-electron chi connectivity index (χ4n) is 2.94. The van der Waals surface area contributed by atoms with Crippen LogP contribution in [0, 0.1) is 0 Å². The van der Waals surface area contributed by atoms with Crippen LogP contribution in [0.5, 0.6) is 5.75 Å². The lowest BCUT2D eigenvalue weighted by molar-refractivity contribution is 0.0929. The second-order valence-corrected chi connectivity index (χ2v) is 11.2. The molecule has 4 aromatic rings. The van der Waals surface area contributed by atoms with Crippen molar-refractivity contribution in [1.29, 1.82) is 0 Å². The Morgan fingerprint density at radius 2 is 1.61 bits per heavy atom. The molecule has 5 nitrogen and oxygen atoms in total. The maximum atomic E-state index is 12.4. The van der Waals surface area contributed by atoms with Crippen molar-refractivity contribution in [3.8, 4) is 5.75 Å². The molecule has 0 unspecified atom stereocenters. The van der Waals surface area contributed by atoms with E-state index in [1.807, 2.05) is 48.5 Å². The minimum atomic E-state index is -0.446. The average Bonchev–Trinajstić information content (AvgIpc) is 3.19. The maximum Gasteiger partial charge on any atom is 0.307 e. The molecule has 0 aliphatic rings. The van der Waals surface area contributed by atoms with Gasteiger partial charge in [0.05, 0.1) is 19.6 Å². The highest BCUT2D eigenvalue weighted by Gasteiger charge is 2.14. The standard InChI is InChI=1S/C23H13Br5N2O3/c24-15-3-1-12(2-4-15)11-32-22-17(26)5-13(6-18(22)27)10-29-30-23(31)20-8-14-7-16(25)9-19(28)21(14)33-20/h1-10H,11H2,(H,30,31)/b29-10-. The summed E-state index contributed by atoms with van der Waals surface area (Å²) in [5.41, 5.74) is 4.90. The van der Waals surface area contributed by atoms with Crippen LogP contribution in [0.1, 0.15) is 21.7 Å². The Morgan fingerprint density at radius 3 is 2.30 bits per heavy atom. The summed E-state index contributed by atoms with van der Waals surface area (Å²) in [4.78, 5) is 12.4. The van der Waals surface area contributed by atoms with Crippen LogP contribution in [-0.4, -0.2) is 12.1 Å².